The van der Waals surface area contributed by atoms with Crippen molar-refractivity contribution in [3.63, 3.8) is 0 Å². The van der Waals surface area contributed by atoms with Gasteiger partial charge in [0.05, 0.1) is 28.1 Å². The number of amides is 2. The number of halogens is 1. The summed E-state index contributed by atoms with van der Waals surface area (Å²) < 4.78 is 17.0. The van der Waals surface area contributed by atoms with E-state index in [0.29, 0.717) is 5.69 Å². The number of imidazole rings is 1. The summed E-state index contributed by atoms with van der Waals surface area (Å²) in [6.45, 7) is 1.77. The fraction of sp³-hybridized carbons (Fsp3) is 0.333. The highest BCUT2D eigenvalue weighted by atomic mass is 19.1. The zero-order chi connectivity index (χ0) is 20.5. The summed E-state index contributed by atoms with van der Waals surface area (Å²) in [6, 6.07) is 9.24. The van der Waals surface area contributed by atoms with Gasteiger partial charge in [0.15, 0.2) is 0 Å². The minimum absolute atomic E-state index is 0.109. The fourth-order valence-corrected chi connectivity index (χ4v) is 3.87. The summed E-state index contributed by atoms with van der Waals surface area (Å²) in [4.78, 5) is 27.2. The number of nitrogens with one attached hydrogen (secondary N) is 2. The van der Waals surface area contributed by atoms with Crippen LogP contribution in [0.3, 0.4) is 0 Å². The molecule has 8 heteroatoms. The smallest absolute Gasteiger partial charge is 0.328 e. The lowest BCUT2D eigenvalue weighted by atomic mass is 10.1. The lowest BCUT2D eigenvalue weighted by Crippen LogP contribution is -2.31. The molecule has 0 aliphatic carbocycles. The second-order valence-electron chi connectivity index (χ2n) is 7.37. The van der Waals surface area contributed by atoms with Crippen molar-refractivity contribution in [2.24, 2.45) is 14.1 Å². The largest absolute Gasteiger partial charge is 0.370 e. The Bertz CT molecular complexity index is 1130. The number of carbonyl (C=O) groups excluding carboxylic acids is 1. The van der Waals surface area contributed by atoms with Gasteiger partial charge < -0.3 is 15.5 Å². The maximum absolute atomic E-state index is 13.9. The van der Waals surface area contributed by atoms with Gasteiger partial charge in [0.25, 0.3) is 0 Å². The number of benzene rings is 2. The Morgan fingerprint density at radius 1 is 0.931 bits per heavy atom. The van der Waals surface area contributed by atoms with E-state index in [4.69, 9.17) is 0 Å². The standard InChI is InChI=1S/C21H24FN5O2/c1-25-18-12-16(24-20(28)23-15-9-5-4-8-14(15)22)17(27-10-6-3-7-11-27)13-19(18)26(2)21(25)29/h4-5,8-9,12-13H,3,6-7,10-11H2,1-2H3,(H2,23,24,28). The molecule has 2 amide bonds. The van der Waals surface area contributed by atoms with E-state index in [-0.39, 0.29) is 11.4 Å². The zero-order valence-corrected chi connectivity index (χ0v) is 16.5. The van der Waals surface area contributed by atoms with Crippen molar-refractivity contribution in [3.8, 4) is 0 Å². The molecule has 0 radical (unpaired) electrons. The topological polar surface area (TPSA) is 71.3 Å². The molecule has 1 fully saturated rings. The first kappa shape index (κ1) is 19.0. The lowest BCUT2D eigenvalue weighted by molar-refractivity contribution is 0.262. The average Bonchev–Trinajstić information content (AvgIpc) is 2.93. The minimum atomic E-state index is -0.534. The maximum atomic E-state index is 13.9. The number of aromatic nitrogens is 2. The van der Waals surface area contributed by atoms with Crippen molar-refractivity contribution in [1.82, 2.24) is 9.13 Å². The molecule has 152 valence electrons. The Morgan fingerprint density at radius 3 is 2.24 bits per heavy atom. The molecular formula is C21H24FN5O2. The number of hydrogen-bond acceptors (Lipinski definition) is 3. The molecule has 0 unspecified atom stereocenters. The second-order valence-corrected chi connectivity index (χ2v) is 7.37. The maximum Gasteiger partial charge on any atom is 0.328 e. The van der Waals surface area contributed by atoms with E-state index in [2.05, 4.69) is 15.5 Å². The van der Waals surface area contributed by atoms with Crippen LogP contribution in [0, 0.1) is 5.82 Å². The van der Waals surface area contributed by atoms with Gasteiger partial charge in [0, 0.05) is 27.2 Å². The normalized spacial score (nSPS) is 14.2. The SMILES string of the molecule is Cn1c(=O)n(C)c2cc(N3CCCCC3)c(NC(=O)Nc3ccccc3F)cc21. The number of piperidine rings is 1. The van der Waals surface area contributed by atoms with E-state index < -0.39 is 11.8 Å². The molecule has 2 N–H and O–H groups in total. The molecule has 0 spiro atoms. The minimum Gasteiger partial charge on any atom is -0.370 e. The number of anilines is 3. The van der Waals surface area contributed by atoms with Crippen molar-refractivity contribution < 1.29 is 9.18 Å². The van der Waals surface area contributed by atoms with E-state index in [9.17, 15) is 14.0 Å². The number of fused-ring (bicyclic) bond motifs is 1. The predicted molar refractivity (Wildman–Crippen MR) is 113 cm³/mol. The summed E-state index contributed by atoms with van der Waals surface area (Å²) in [5.74, 6) is -0.500. The van der Waals surface area contributed by atoms with Gasteiger partial charge in [-0.05, 0) is 43.5 Å². The quantitative estimate of drug-likeness (QED) is 0.709. The monoisotopic (exact) mass is 397 g/mol. The van der Waals surface area contributed by atoms with E-state index >= 15 is 0 Å². The molecule has 1 saturated heterocycles. The zero-order valence-electron chi connectivity index (χ0n) is 16.5. The summed E-state index contributed by atoms with van der Waals surface area (Å²) in [5.41, 5.74) is 2.96. The van der Waals surface area contributed by atoms with Crippen LogP contribution in [0.25, 0.3) is 11.0 Å². The van der Waals surface area contributed by atoms with E-state index in [1.165, 1.54) is 18.6 Å². The van der Waals surface area contributed by atoms with Gasteiger partial charge in [0.2, 0.25) is 0 Å². The molecule has 1 aliphatic rings. The van der Waals surface area contributed by atoms with E-state index in [1.54, 1.807) is 35.4 Å². The fourth-order valence-electron chi connectivity index (χ4n) is 3.87. The van der Waals surface area contributed by atoms with Crippen molar-refractivity contribution in [3.05, 3.63) is 52.7 Å². The molecule has 1 aromatic heterocycles. The van der Waals surface area contributed by atoms with E-state index in [1.807, 2.05) is 12.1 Å². The first-order chi connectivity index (χ1) is 14.0. The van der Waals surface area contributed by atoms with Crippen LogP contribution in [0.2, 0.25) is 0 Å². The number of carbonyl (C=O) groups is 1. The van der Waals surface area contributed by atoms with Crippen LogP contribution in [0.15, 0.2) is 41.2 Å². The van der Waals surface area contributed by atoms with E-state index in [0.717, 1.165) is 42.7 Å². The third-order valence-corrected chi connectivity index (χ3v) is 5.46. The number of aryl methyl sites for hydroxylation is 2. The number of rotatable bonds is 3. The van der Waals surface area contributed by atoms with Crippen LogP contribution in [0.1, 0.15) is 19.3 Å². The number of urea groups is 1. The molecule has 4 rings (SSSR count). The van der Waals surface area contributed by atoms with Gasteiger partial charge in [-0.3, -0.25) is 9.13 Å². The van der Waals surface area contributed by atoms with Gasteiger partial charge in [-0.1, -0.05) is 12.1 Å². The lowest BCUT2D eigenvalue weighted by Gasteiger charge is -2.30. The van der Waals surface area contributed by atoms with Gasteiger partial charge >= 0.3 is 11.7 Å². The molecule has 0 atom stereocenters. The summed E-state index contributed by atoms with van der Waals surface area (Å²) in [6.07, 6.45) is 3.33. The van der Waals surface area contributed by atoms with Gasteiger partial charge in [-0.25, -0.2) is 14.0 Å². The molecule has 2 heterocycles. The summed E-state index contributed by atoms with van der Waals surface area (Å²) >= 11 is 0. The van der Waals surface area contributed by atoms with Crippen molar-refractivity contribution in [2.45, 2.75) is 19.3 Å². The summed E-state index contributed by atoms with van der Waals surface area (Å²) in [5, 5.41) is 5.40. The van der Waals surface area contributed by atoms with Crippen molar-refractivity contribution in [2.75, 3.05) is 28.6 Å². The third kappa shape index (κ3) is 3.57. The Kier molecular flexibility index (Phi) is 5.00. The molecule has 1 aliphatic heterocycles. The molecule has 3 aromatic rings. The average molecular weight is 397 g/mol. The molecule has 29 heavy (non-hydrogen) atoms. The van der Waals surface area contributed by atoms with Crippen LogP contribution >= 0.6 is 0 Å². The van der Waals surface area contributed by atoms with Crippen molar-refractivity contribution in [1.29, 1.82) is 0 Å². The van der Waals surface area contributed by atoms with Crippen LogP contribution in [0.5, 0.6) is 0 Å². The number of para-hydroxylation sites is 1. The molecular weight excluding hydrogens is 373 g/mol. The molecule has 2 aromatic carbocycles. The Morgan fingerprint density at radius 2 is 1.55 bits per heavy atom. The first-order valence-electron chi connectivity index (χ1n) is 9.72. The van der Waals surface area contributed by atoms with Crippen molar-refractivity contribution >= 4 is 34.1 Å². The second kappa shape index (κ2) is 7.62. The third-order valence-electron chi connectivity index (χ3n) is 5.46. The highest BCUT2D eigenvalue weighted by molar-refractivity contribution is 6.04. The van der Waals surface area contributed by atoms with Gasteiger partial charge in [-0.15, -0.1) is 0 Å². The van der Waals surface area contributed by atoms with Crippen LogP contribution in [-0.4, -0.2) is 28.3 Å². The Balaban J connectivity index is 1.72. The first-order valence-corrected chi connectivity index (χ1v) is 9.72. The van der Waals surface area contributed by atoms with Crippen LogP contribution < -0.4 is 21.2 Å². The Labute approximate surface area is 167 Å². The summed E-state index contributed by atoms with van der Waals surface area (Å²) in [7, 11) is 3.44. The van der Waals surface area contributed by atoms with Gasteiger partial charge in [0.1, 0.15) is 5.82 Å². The molecule has 0 saturated carbocycles. The molecule has 7 nitrogen and oxygen atoms in total. The van der Waals surface area contributed by atoms with Crippen LogP contribution in [-0.2, 0) is 14.1 Å². The predicted octanol–water partition coefficient (Wildman–Crippen LogP) is 3.65. The molecule has 0 bridgehead atoms. The number of nitrogens with zero attached hydrogens (tertiary/aromatic N) is 3. The van der Waals surface area contributed by atoms with Gasteiger partial charge in [-0.2, -0.15) is 0 Å². The highest BCUT2D eigenvalue weighted by Crippen LogP contribution is 2.33. The van der Waals surface area contributed by atoms with Crippen LogP contribution in [0.4, 0.5) is 26.2 Å². The number of hydrogen-bond donors (Lipinski definition) is 2. The highest BCUT2D eigenvalue weighted by Gasteiger charge is 2.20. The Hall–Kier alpha value is -3.29.